The fourth-order valence-electron chi connectivity index (χ4n) is 11.0. The summed E-state index contributed by atoms with van der Waals surface area (Å²) in [6.45, 7) is 12.7. The zero-order chi connectivity index (χ0) is 47.4. The molecule has 1 heterocycles. The number of esters is 3. The largest absolute Gasteiger partial charge is 0.456 e. The van der Waals surface area contributed by atoms with E-state index in [1.165, 1.54) is 32.9 Å². The van der Waals surface area contributed by atoms with Gasteiger partial charge in [0.25, 0.3) is 0 Å². The Bertz CT molecular complexity index is 2330. The van der Waals surface area contributed by atoms with Crippen LogP contribution in [0.1, 0.15) is 95.8 Å². The summed E-state index contributed by atoms with van der Waals surface area (Å²) in [5, 5.41) is 52.9. The molecule has 4 aliphatic rings. The van der Waals surface area contributed by atoms with E-state index >= 15 is 4.79 Å². The predicted octanol–water partition coefficient (Wildman–Crippen LogP) is 4.75. The average Bonchev–Trinajstić information content (AvgIpc) is 3.24. The van der Waals surface area contributed by atoms with Crippen molar-refractivity contribution in [3.05, 3.63) is 119 Å². The van der Waals surface area contributed by atoms with Gasteiger partial charge in [-0.15, -0.1) is 0 Å². The number of nitrogens with zero attached hydrogens (tertiary/aromatic N) is 1. The number of fused-ring (bicyclic) bond motifs is 5. The second-order valence-electron chi connectivity index (χ2n) is 19.7. The summed E-state index contributed by atoms with van der Waals surface area (Å²) in [7, 11) is 0. The molecule has 1 unspecified atom stereocenters. The molecule has 1 saturated heterocycles. The Hall–Kier alpha value is -5.45. The van der Waals surface area contributed by atoms with E-state index in [1.807, 2.05) is 35.2 Å². The normalized spacial score (nSPS) is 31.6. The van der Waals surface area contributed by atoms with E-state index < -0.39 is 112 Å². The summed E-state index contributed by atoms with van der Waals surface area (Å²) >= 11 is 0. The van der Waals surface area contributed by atoms with Crippen LogP contribution in [-0.2, 0) is 39.9 Å². The van der Waals surface area contributed by atoms with Gasteiger partial charge in [0.15, 0.2) is 11.9 Å². The van der Waals surface area contributed by atoms with E-state index in [1.54, 1.807) is 83.1 Å². The van der Waals surface area contributed by atoms with Gasteiger partial charge in [0.2, 0.25) is 0 Å². The fraction of sp³-hybridized carbons (Fsp3) is 0.500. The van der Waals surface area contributed by atoms with E-state index in [2.05, 4.69) is 5.32 Å². The number of likely N-dealkylation sites (tertiary alicyclic amines) is 1. The Morgan fingerprint density at radius 2 is 1.48 bits per heavy atom. The van der Waals surface area contributed by atoms with Crippen molar-refractivity contribution in [1.29, 1.82) is 0 Å². The molecule has 2 saturated carbocycles. The van der Waals surface area contributed by atoms with Crippen LogP contribution in [0, 0.1) is 16.7 Å². The third-order valence-corrected chi connectivity index (χ3v) is 14.2. The van der Waals surface area contributed by atoms with E-state index in [4.69, 9.17) is 18.9 Å². The van der Waals surface area contributed by atoms with Gasteiger partial charge in [0, 0.05) is 31.8 Å². The van der Waals surface area contributed by atoms with Crippen molar-refractivity contribution < 1.29 is 63.3 Å². The molecule has 11 atom stereocenters. The van der Waals surface area contributed by atoms with Crippen molar-refractivity contribution >= 4 is 29.8 Å². The third-order valence-electron chi connectivity index (χ3n) is 14.2. The number of ether oxygens (including phenoxy) is 4. The maximum atomic E-state index is 15.3. The van der Waals surface area contributed by atoms with Crippen molar-refractivity contribution in [1.82, 2.24) is 10.2 Å². The van der Waals surface area contributed by atoms with Gasteiger partial charge in [-0.2, -0.15) is 0 Å². The first-order valence-corrected chi connectivity index (χ1v) is 22.0. The Kier molecular flexibility index (Phi) is 12.7. The number of aliphatic hydroxyl groups is 4. The van der Waals surface area contributed by atoms with Gasteiger partial charge in [-0.3, -0.25) is 14.5 Å². The second-order valence-corrected chi connectivity index (χ2v) is 19.7. The third kappa shape index (κ3) is 8.37. The minimum absolute atomic E-state index is 0.00373. The molecule has 3 aliphatic carbocycles. The molecule has 3 fully saturated rings. The number of Topliss-reactive ketones (excluding diaryl/α,β-unsaturated/α-hetero) is 1. The molecular formula is C50H60N2O13. The van der Waals surface area contributed by atoms with Gasteiger partial charge in [0.05, 0.1) is 35.1 Å². The van der Waals surface area contributed by atoms with Crippen LogP contribution in [0.4, 0.5) is 4.79 Å². The van der Waals surface area contributed by atoms with Crippen LogP contribution >= 0.6 is 0 Å². The molecule has 65 heavy (non-hydrogen) atoms. The number of carbonyl (C=O) groups is 5. The summed E-state index contributed by atoms with van der Waals surface area (Å²) in [5.41, 5.74) is -7.16. The van der Waals surface area contributed by atoms with Gasteiger partial charge in [0.1, 0.15) is 35.1 Å². The molecule has 0 aromatic heterocycles. The highest BCUT2D eigenvalue weighted by Crippen LogP contribution is 2.64. The number of carbonyl (C=O) groups excluding carboxylic acids is 5. The number of amides is 1. The quantitative estimate of drug-likeness (QED) is 0.106. The fourth-order valence-corrected chi connectivity index (χ4v) is 11.0. The highest BCUT2D eigenvalue weighted by Gasteiger charge is 2.78. The van der Waals surface area contributed by atoms with Crippen LogP contribution in [0.25, 0.3) is 0 Å². The summed E-state index contributed by atoms with van der Waals surface area (Å²) in [5.74, 6) is -5.25. The first-order valence-electron chi connectivity index (χ1n) is 22.0. The molecule has 15 nitrogen and oxygen atoms in total. The molecule has 1 amide bonds. The topological polar surface area (TPSA) is 218 Å². The standard InChI is InChI=1S/C50H60N2O13/c1-28-33(62-44(59)39(56)37(31-20-14-10-15-21-31)51-45(60)65-46(3,4)5)25-50(61)42(63-43(58)32-22-16-11-17-23-32)40-48(8,41(57)38(55)36(28)47(50,6)7)35(54)24-34-49(40,64-29(2)53)27-52(34)26-30-18-12-9-13-19-30/h9-23,33-35,37-40,42,54-56,61H,24-27H2,1-8H3,(H,51,60)/t33-,34+,35-,37-,38+,39+,40?,42-,48+,49-,50+/m0/s1. The van der Waals surface area contributed by atoms with Gasteiger partial charge in [-0.25, -0.2) is 14.4 Å². The van der Waals surface area contributed by atoms with Crippen LogP contribution in [-0.4, -0.2) is 115 Å². The average molecular weight is 897 g/mol. The molecule has 7 rings (SSSR count). The SMILES string of the molecule is CC(=O)O[C@@]12CN(Cc3ccccc3)[C@@H]1C[C@H](O)[C@@]1(C)C(=O)[C@H](O)C3=C(C)[C@@H](OC(=O)[C@H](O)[C@@H](NC(=O)OC(C)(C)C)c4ccccc4)C[C@@](O)([C@@H](OC(=O)c4ccccc4)C12)C3(C)C. The molecule has 2 bridgehead atoms. The summed E-state index contributed by atoms with van der Waals surface area (Å²) in [6.07, 6.45) is -10.4. The van der Waals surface area contributed by atoms with Crippen molar-refractivity contribution in [2.45, 2.75) is 134 Å². The minimum Gasteiger partial charge on any atom is -0.456 e. The zero-order valence-electron chi connectivity index (χ0n) is 38.0. The molecule has 348 valence electrons. The molecule has 1 aliphatic heterocycles. The first kappa shape index (κ1) is 47.5. The zero-order valence-corrected chi connectivity index (χ0v) is 38.0. The molecule has 3 aromatic rings. The van der Waals surface area contributed by atoms with Gasteiger partial charge in [-0.1, -0.05) is 92.7 Å². The summed E-state index contributed by atoms with van der Waals surface area (Å²) in [4.78, 5) is 72.4. The lowest BCUT2D eigenvalue weighted by Gasteiger charge is -2.70. The lowest BCUT2D eigenvalue weighted by Crippen LogP contribution is -2.85. The van der Waals surface area contributed by atoms with E-state index in [9.17, 15) is 39.6 Å². The van der Waals surface area contributed by atoms with E-state index in [-0.39, 0.29) is 29.7 Å². The van der Waals surface area contributed by atoms with Gasteiger partial charge >= 0.3 is 24.0 Å². The number of alkyl carbamates (subject to hydrolysis) is 1. The molecular weight excluding hydrogens is 837 g/mol. The van der Waals surface area contributed by atoms with Crippen LogP contribution in [0.5, 0.6) is 0 Å². The van der Waals surface area contributed by atoms with E-state index in [0.29, 0.717) is 12.1 Å². The molecule has 0 radical (unpaired) electrons. The number of aliphatic hydroxyl groups excluding tert-OH is 3. The monoisotopic (exact) mass is 896 g/mol. The van der Waals surface area contributed by atoms with Crippen molar-refractivity contribution in [2.24, 2.45) is 16.7 Å². The lowest BCUT2D eigenvalue weighted by atomic mass is 9.43. The molecule has 0 spiro atoms. The predicted molar refractivity (Wildman–Crippen MR) is 235 cm³/mol. The maximum Gasteiger partial charge on any atom is 0.408 e. The Morgan fingerprint density at radius 3 is 2.06 bits per heavy atom. The van der Waals surface area contributed by atoms with Gasteiger partial charge < -0.3 is 44.7 Å². The first-order chi connectivity index (χ1) is 30.5. The Labute approximate surface area is 378 Å². The van der Waals surface area contributed by atoms with Gasteiger partial charge in [-0.05, 0) is 75.4 Å². The number of hydrogen-bond acceptors (Lipinski definition) is 14. The Balaban J connectivity index is 1.36. The van der Waals surface area contributed by atoms with Crippen molar-refractivity contribution in [3.8, 4) is 0 Å². The number of benzene rings is 3. The highest BCUT2D eigenvalue weighted by molar-refractivity contribution is 5.94. The number of rotatable bonds is 10. The highest BCUT2D eigenvalue weighted by atomic mass is 16.6. The van der Waals surface area contributed by atoms with Crippen LogP contribution in [0.15, 0.2) is 102 Å². The lowest BCUT2D eigenvalue weighted by molar-refractivity contribution is -0.310. The molecule has 15 heteroatoms. The smallest absolute Gasteiger partial charge is 0.408 e. The van der Waals surface area contributed by atoms with E-state index in [0.717, 1.165) is 5.56 Å². The molecule has 3 aromatic carbocycles. The van der Waals surface area contributed by atoms with Crippen LogP contribution in [0.2, 0.25) is 0 Å². The second kappa shape index (κ2) is 17.4. The maximum absolute atomic E-state index is 15.3. The Morgan fingerprint density at radius 1 is 0.892 bits per heavy atom. The van der Waals surface area contributed by atoms with Crippen LogP contribution < -0.4 is 5.32 Å². The summed E-state index contributed by atoms with van der Waals surface area (Å²) in [6, 6.07) is 23.5. The number of hydrogen-bond donors (Lipinski definition) is 5. The van der Waals surface area contributed by atoms with Crippen LogP contribution in [0.3, 0.4) is 0 Å². The minimum atomic E-state index is -2.36. The van der Waals surface area contributed by atoms with Crippen molar-refractivity contribution in [3.63, 3.8) is 0 Å². The number of nitrogens with one attached hydrogen (secondary N) is 1. The summed E-state index contributed by atoms with van der Waals surface area (Å²) < 4.78 is 24.4. The van der Waals surface area contributed by atoms with Crippen molar-refractivity contribution in [2.75, 3.05) is 6.54 Å². The molecule has 5 N–H and O–H groups in total. The number of ketones is 1.